The summed E-state index contributed by atoms with van der Waals surface area (Å²) in [6, 6.07) is 4.91. The van der Waals surface area contributed by atoms with Gasteiger partial charge < -0.3 is 10.8 Å². The van der Waals surface area contributed by atoms with Crippen molar-refractivity contribution in [3.63, 3.8) is 0 Å². The van der Waals surface area contributed by atoms with Crippen LogP contribution in [0.4, 0.5) is 0 Å². The van der Waals surface area contributed by atoms with Crippen molar-refractivity contribution in [2.45, 2.75) is 6.92 Å². The second-order valence-corrected chi connectivity index (χ2v) is 3.12. The van der Waals surface area contributed by atoms with Gasteiger partial charge in [0.05, 0.1) is 5.56 Å². The smallest absolute Gasteiger partial charge is 0.335 e. The lowest BCUT2D eigenvalue weighted by Crippen LogP contribution is -2.05. The van der Waals surface area contributed by atoms with Crippen molar-refractivity contribution < 1.29 is 14.7 Å². The number of hydrogen-bond acceptors (Lipinski definition) is 2. The summed E-state index contributed by atoms with van der Waals surface area (Å²) in [5.74, 6) is -1.55. The third-order valence-corrected chi connectivity index (χ3v) is 1.93. The zero-order valence-electron chi connectivity index (χ0n) is 8.23. The molecule has 0 aliphatic rings. The van der Waals surface area contributed by atoms with Crippen molar-refractivity contribution in [1.82, 2.24) is 0 Å². The topological polar surface area (TPSA) is 80.4 Å². The molecule has 0 saturated carbocycles. The number of nitrogens with two attached hydrogens (primary N) is 1. The second-order valence-electron chi connectivity index (χ2n) is 3.12. The third kappa shape index (κ3) is 2.95. The predicted molar refractivity (Wildman–Crippen MR) is 56.4 cm³/mol. The largest absolute Gasteiger partial charge is 0.478 e. The van der Waals surface area contributed by atoms with Crippen LogP contribution in [-0.2, 0) is 4.79 Å². The number of carboxylic acids is 1. The molecule has 1 rings (SSSR count). The molecular weight excluding hydrogens is 194 g/mol. The van der Waals surface area contributed by atoms with Crippen LogP contribution in [0.3, 0.4) is 0 Å². The molecule has 0 aliphatic heterocycles. The van der Waals surface area contributed by atoms with Crippen molar-refractivity contribution in [2.24, 2.45) is 5.73 Å². The number of hydrogen-bond donors (Lipinski definition) is 2. The summed E-state index contributed by atoms with van der Waals surface area (Å²) in [5.41, 5.74) is 6.47. The van der Waals surface area contributed by atoms with Crippen molar-refractivity contribution in [2.75, 3.05) is 0 Å². The van der Waals surface area contributed by atoms with Crippen molar-refractivity contribution in [3.8, 4) is 0 Å². The minimum atomic E-state index is -0.984. The average Bonchev–Trinajstić information content (AvgIpc) is 2.16. The summed E-state index contributed by atoms with van der Waals surface area (Å²) in [5, 5.41) is 8.85. The van der Waals surface area contributed by atoms with Gasteiger partial charge >= 0.3 is 5.97 Å². The Hall–Kier alpha value is -2.10. The number of carbonyl (C=O) groups excluding carboxylic acids is 1. The molecule has 0 radical (unpaired) electrons. The molecule has 0 spiro atoms. The number of primary amides is 1. The number of aryl methyl sites for hydroxylation is 1. The van der Waals surface area contributed by atoms with Crippen molar-refractivity contribution >= 4 is 18.0 Å². The summed E-state index contributed by atoms with van der Waals surface area (Å²) in [6.45, 7) is 1.71. The molecule has 4 nitrogen and oxygen atoms in total. The normalized spacial score (nSPS) is 10.5. The lowest BCUT2D eigenvalue weighted by atomic mass is 10.0. The van der Waals surface area contributed by atoms with Gasteiger partial charge in [0, 0.05) is 6.08 Å². The van der Waals surface area contributed by atoms with Gasteiger partial charge in [-0.3, -0.25) is 4.79 Å². The maximum Gasteiger partial charge on any atom is 0.335 e. The Morgan fingerprint density at radius 1 is 1.40 bits per heavy atom. The maximum absolute atomic E-state index is 10.8. The summed E-state index contributed by atoms with van der Waals surface area (Å²) in [7, 11) is 0. The van der Waals surface area contributed by atoms with Crippen LogP contribution >= 0.6 is 0 Å². The molecule has 0 aliphatic carbocycles. The first-order chi connectivity index (χ1) is 7.00. The van der Waals surface area contributed by atoms with E-state index in [0.29, 0.717) is 11.1 Å². The van der Waals surface area contributed by atoms with Crippen LogP contribution in [0.2, 0.25) is 0 Å². The van der Waals surface area contributed by atoms with E-state index in [4.69, 9.17) is 10.8 Å². The van der Waals surface area contributed by atoms with E-state index in [0.717, 1.165) is 0 Å². The monoisotopic (exact) mass is 205 g/mol. The number of benzene rings is 1. The number of carbonyl (C=O) groups is 2. The molecule has 15 heavy (non-hydrogen) atoms. The number of aromatic carboxylic acids is 1. The lowest BCUT2D eigenvalue weighted by molar-refractivity contribution is -0.113. The number of carboxylic acid groups (broad SMARTS) is 1. The molecule has 78 valence electrons. The van der Waals surface area contributed by atoms with Crippen LogP contribution in [0.1, 0.15) is 21.5 Å². The molecule has 0 atom stereocenters. The van der Waals surface area contributed by atoms with Gasteiger partial charge in [0.15, 0.2) is 0 Å². The van der Waals surface area contributed by atoms with Crippen molar-refractivity contribution in [1.29, 1.82) is 0 Å². The molecule has 3 N–H and O–H groups in total. The minimum Gasteiger partial charge on any atom is -0.478 e. The molecule has 1 amide bonds. The Bertz CT molecular complexity index is 435. The van der Waals surface area contributed by atoms with Gasteiger partial charge in [0.2, 0.25) is 5.91 Å². The predicted octanol–water partition coefficient (Wildman–Crippen LogP) is 1.19. The lowest BCUT2D eigenvalue weighted by Gasteiger charge is -2.01. The molecule has 0 heterocycles. The van der Waals surface area contributed by atoms with E-state index in [2.05, 4.69) is 0 Å². The van der Waals surface area contributed by atoms with Crippen LogP contribution in [0.5, 0.6) is 0 Å². The molecule has 4 heteroatoms. The summed E-state index contributed by atoms with van der Waals surface area (Å²) in [6.07, 6.45) is 2.67. The Balaban J connectivity index is 3.08. The Labute approximate surface area is 87.0 Å². The number of rotatable bonds is 3. The summed E-state index contributed by atoms with van der Waals surface area (Å²) in [4.78, 5) is 21.3. The van der Waals surface area contributed by atoms with Gasteiger partial charge in [0.25, 0.3) is 0 Å². The highest BCUT2D eigenvalue weighted by atomic mass is 16.4. The fourth-order valence-electron chi connectivity index (χ4n) is 1.15. The minimum absolute atomic E-state index is 0.224. The fraction of sp³-hybridized carbons (Fsp3) is 0.0909. The maximum atomic E-state index is 10.8. The molecule has 1 aromatic carbocycles. The highest BCUT2D eigenvalue weighted by molar-refractivity contribution is 5.92. The summed E-state index contributed by atoms with van der Waals surface area (Å²) >= 11 is 0. The quantitative estimate of drug-likeness (QED) is 0.727. The van der Waals surface area contributed by atoms with Crippen LogP contribution in [0, 0.1) is 6.92 Å². The molecule has 0 bridgehead atoms. The highest BCUT2D eigenvalue weighted by Crippen LogP contribution is 2.12. The van der Waals surface area contributed by atoms with Crippen LogP contribution in [-0.4, -0.2) is 17.0 Å². The zero-order valence-corrected chi connectivity index (χ0v) is 8.23. The van der Waals surface area contributed by atoms with Gasteiger partial charge in [-0.15, -0.1) is 0 Å². The standard InChI is InChI=1S/C11H11NO3/c1-7-2-3-8(4-5-10(12)13)6-9(7)11(14)15/h2-6H,1H3,(H2,12,13)(H,14,15). The van der Waals surface area contributed by atoms with Gasteiger partial charge in [-0.25, -0.2) is 4.79 Å². The molecule has 1 aromatic rings. The molecule has 0 aromatic heterocycles. The Morgan fingerprint density at radius 3 is 2.60 bits per heavy atom. The first-order valence-corrected chi connectivity index (χ1v) is 4.32. The van der Waals surface area contributed by atoms with Gasteiger partial charge in [-0.05, 0) is 30.2 Å². The molecular formula is C11H11NO3. The molecule has 0 saturated heterocycles. The van der Waals surface area contributed by atoms with E-state index >= 15 is 0 Å². The van der Waals surface area contributed by atoms with E-state index in [9.17, 15) is 9.59 Å². The molecule has 0 fully saturated rings. The SMILES string of the molecule is Cc1ccc(C=CC(N)=O)cc1C(=O)O. The third-order valence-electron chi connectivity index (χ3n) is 1.93. The first-order valence-electron chi connectivity index (χ1n) is 4.32. The summed E-state index contributed by atoms with van der Waals surface area (Å²) < 4.78 is 0. The zero-order chi connectivity index (χ0) is 11.4. The van der Waals surface area contributed by atoms with E-state index in [1.165, 1.54) is 18.2 Å². The molecule has 0 unspecified atom stereocenters. The van der Waals surface area contributed by atoms with Crippen LogP contribution in [0.15, 0.2) is 24.3 Å². The van der Waals surface area contributed by atoms with Crippen LogP contribution < -0.4 is 5.73 Å². The fourth-order valence-corrected chi connectivity index (χ4v) is 1.15. The highest BCUT2D eigenvalue weighted by Gasteiger charge is 2.06. The Morgan fingerprint density at radius 2 is 2.07 bits per heavy atom. The van der Waals surface area contributed by atoms with Crippen LogP contribution in [0.25, 0.3) is 6.08 Å². The second kappa shape index (κ2) is 4.41. The van der Waals surface area contributed by atoms with Gasteiger partial charge in [0.1, 0.15) is 0 Å². The van der Waals surface area contributed by atoms with Gasteiger partial charge in [-0.1, -0.05) is 12.1 Å². The first kappa shape index (κ1) is 11.0. The van der Waals surface area contributed by atoms with Gasteiger partial charge in [-0.2, -0.15) is 0 Å². The van der Waals surface area contributed by atoms with E-state index in [1.807, 2.05) is 0 Å². The van der Waals surface area contributed by atoms with E-state index < -0.39 is 11.9 Å². The van der Waals surface area contributed by atoms with E-state index in [1.54, 1.807) is 19.1 Å². The average molecular weight is 205 g/mol. The van der Waals surface area contributed by atoms with Crippen molar-refractivity contribution in [3.05, 3.63) is 41.0 Å². The Kier molecular flexibility index (Phi) is 3.23. The van der Waals surface area contributed by atoms with E-state index in [-0.39, 0.29) is 5.56 Å². The number of amides is 1.